The summed E-state index contributed by atoms with van der Waals surface area (Å²) in [5, 5.41) is 5.13. The van der Waals surface area contributed by atoms with Crippen molar-refractivity contribution in [2.75, 3.05) is 9.80 Å². The summed E-state index contributed by atoms with van der Waals surface area (Å²) in [5.41, 5.74) is 21.1. The second kappa shape index (κ2) is 13.7. The predicted molar refractivity (Wildman–Crippen MR) is 284 cm³/mol. The van der Waals surface area contributed by atoms with E-state index in [1.807, 2.05) is 12.4 Å². The van der Waals surface area contributed by atoms with Gasteiger partial charge in [0.15, 0.2) is 0 Å². The van der Waals surface area contributed by atoms with Gasteiger partial charge < -0.3 is 14.2 Å². The Kier molecular flexibility index (Phi) is 8.83. The highest BCUT2D eigenvalue weighted by Gasteiger charge is 2.47. The summed E-state index contributed by atoms with van der Waals surface area (Å²) in [6.45, 7) is 34.9. The molecule has 0 bridgehead atoms. The maximum absolute atomic E-state index is 4.72. The van der Waals surface area contributed by atoms with E-state index < -0.39 is 0 Å². The minimum Gasteiger partial charge on any atom is -0.311 e. The first kappa shape index (κ1) is 42.5. The van der Waals surface area contributed by atoms with Crippen LogP contribution in [0.25, 0.3) is 38.1 Å². The van der Waals surface area contributed by atoms with Crippen LogP contribution in [0.15, 0.2) is 116 Å². The predicted octanol–water partition coefficient (Wildman–Crippen LogP) is 14.2. The molecular weight excluding hydrogens is 802 g/mol. The van der Waals surface area contributed by atoms with Gasteiger partial charge in [0.1, 0.15) is 6.33 Å². The van der Waals surface area contributed by atoms with Gasteiger partial charge in [-0.1, -0.05) is 152 Å². The topological polar surface area (TPSA) is 36.7 Å². The summed E-state index contributed by atoms with van der Waals surface area (Å²) in [6, 6.07) is 38.6. The van der Waals surface area contributed by atoms with Gasteiger partial charge in [-0.2, -0.15) is 0 Å². The summed E-state index contributed by atoms with van der Waals surface area (Å²) in [7, 11) is 0. The minimum absolute atomic E-state index is 0.0130. The van der Waals surface area contributed by atoms with Gasteiger partial charge in [-0.3, -0.25) is 0 Å². The molecule has 0 saturated carbocycles. The van der Waals surface area contributed by atoms with Crippen LogP contribution < -0.4 is 26.2 Å². The Bertz CT molecular complexity index is 3430. The van der Waals surface area contributed by atoms with Gasteiger partial charge in [0, 0.05) is 38.6 Å². The van der Waals surface area contributed by atoms with Gasteiger partial charge >= 0.3 is 0 Å². The summed E-state index contributed by atoms with van der Waals surface area (Å²) in [4.78, 5) is 14.6. The lowest BCUT2D eigenvalue weighted by Crippen LogP contribution is -2.61. The highest BCUT2D eigenvalue weighted by molar-refractivity contribution is 7.01. The van der Waals surface area contributed by atoms with E-state index >= 15 is 0 Å². The smallest absolute Gasteiger partial charge is 0.252 e. The molecule has 0 aliphatic carbocycles. The molecule has 6 aromatic carbocycles. The minimum atomic E-state index is -0.0738. The van der Waals surface area contributed by atoms with Gasteiger partial charge in [-0.05, 0) is 120 Å². The third-order valence-corrected chi connectivity index (χ3v) is 14.9. The van der Waals surface area contributed by atoms with E-state index in [9.17, 15) is 0 Å². The largest absolute Gasteiger partial charge is 0.311 e. The van der Waals surface area contributed by atoms with Gasteiger partial charge in [-0.15, -0.1) is 0 Å². The first-order chi connectivity index (χ1) is 30.9. The van der Waals surface area contributed by atoms with Crippen LogP contribution in [0.3, 0.4) is 0 Å². The number of hydrogen-bond acceptors (Lipinski definition) is 4. The van der Waals surface area contributed by atoms with Crippen LogP contribution in [0.5, 0.6) is 0 Å². The summed E-state index contributed by atoms with van der Waals surface area (Å²) in [6.07, 6.45) is 5.66. The summed E-state index contributed by atoms with van der Waals surface area (Å²) < 4.78 is 2.59. The Balaban J connectivity index is 1.44. The zero-order chi connectivity index (χ0) is 46.8. The van der Waals surface area contributed by atoms with E-state index in [4.69, 9.17) is 9.97 Å². The van der Waals surface area contributed by atoms with Crippen LogP contribution in [0.2, 0.25) is 0 Å². The van der Waals surface area contributed by atoms with Crippen LogP contribution in [0, 0.1) is 0 Å². The van der Waals surface area contributed by atoms with Gasteiger partial charge in [-0.25, -0.2) is 9.97 Å². The average molecular weight is 866 g/mol. The van der Waals surface area contributed by atoms with Crippen molar-refractivity contribution >= 4 is 95.3 Å². The zero-order valence-corrected chi connectivity index (χ0v) is 41.8. The highest BCUT2D eigenvalue weighted by atomic mass is 15.2. The lowest BCUT2D eigenvalue weighted by molar-refractivity contribution is 0.590. The molecule has 5 heterocycles. The fraction of sp³-hybridized carbons (Fsp3) is 0.333. The van der Waals surface area contributed by atoms with Gasteiger partial charge in [0.25, 0.3) is 6.71 Å². The summed E-state index contributed by atoms with van der Waals surface area (Å²) in [5.74, 6) is 0. The van der Waals surface area contributed by atoms with E-state index in [-0.39, 0.29) is 33.8 Å². The lowest BCUT2D eigenvalue weighted by Gasteiger charge is -2.45. The SMILES string of the molecule is CC(C)(C)c1ccc(N2c3ccc(C(C)(C)C)cc3B3c4cc(C(C)(C)C)ccc4N(c4cncnc4)c4c3c2c2c3cc(C(C)(C)C)ccc3n3c5ccc(C(C)(C)C)cc5c4c23)cc1. The third kappa shape index (κ3) is 6.19. The molecule has 2 aliphatic rings. The number of benzene rings is 6. The highest BCUT2D eigenvalue weighted by Crippen LogP contribution is 2.55. The van der Waals surface area contributed by atoms with Crippen LogP contribution in [0.1, 0.15) is 132 Å². The number of aromatic nitrogens is 3. The molecule has 0 amide bonds. The number of rotatable bonds is 2. The van der Waals surface area contributed by atoms with E-state index in [0.717, 1.165) is 11.4 Å². The molecule has 0 N–H and O–H groups in total. The Hall–Kier alpha value is -6.14. The van der Waals surface area contributed by atoms with Crippen LogP contribution in [-0.4, -0.2) is 21.1 Å². The standard InChI is InChI=1S/C60H64BN5/c1-56(2,3)35-16-22-40(23-17-35)64-48-26-20-38(59(10,11)12)30-44(48)61-45-31-39(60(13,14)15)21-27-49(45)65(41-32-62-34-63-33-41)55-51-43-29-37(58(7,8)9)19-25-47(43)66-46-24-18-36(57(4,5)6)28-42(46)50(53(51)66)54(64)52(55)61/h16-34H,1-15H3. The fourth-order valence-corrected chi connectivity index (χ4v) is 11.1. The third-order valence-electron chi connectivity index (χ3n) is 14.9. The molecule has 0 unspecified atom stereocenters. The summed E-state index contributed by atoms with van der Waals surface area (Å²) >= 11 is 0. The van der Waals surface area contributed by atoms with Gasteiger partial charge in [0.05, 0.1) is 46.0 Å². The molecule has 0 saturated heterocycles. The Morgan fingerprint density at radius 1 is 0.409 bits per heavy atom. The molecule has 11 rings (SSSR count). The molecule has 3 aromatic heterocycles. The molecule has 0 fully saturated rings. The Morgan fingerprint density at radius 3 is 1.21 bits per heavy atom. The molecule has 66 heavy (non-hydrogen) atoms. The van der Waals surface area contributed by atoms with Gasteiger partial charge in [0.2, 0.25) is 0 Å². The first-order valence-corrected chi connectivity index (χ1v) is 24.0. The molecule has 0 atom stereocenters. The van der Waals surface area contributed by atoms with Crippen molar-refractivity contribution in [1.82, 2.24) is 14.4 Å². The molecule has 5 nitrogen and oxygen atoms in total. The second-order valence-corrected chi connectivity index (χ2v) is 24.6. The van der Waals surface area contributed by atoms with E-state index in [2.05, 4.69) is 215 Å². The fourth-order valence-electron chi connectivity index (χ4n) is 11.1. The molecule has 0 radical (unpaired) electrons. The quantitative estimate of drug-likeness (QED) is 0.162. The Labute approximate surface area is 392 Å². The average Bonchev–Trinajstić information content (AvgIpc) is 3.76. The molecule has 0 spiro atoms. The molecule has 2 aliphatic heterocycles. The van der Waals surface area contributed by atoms with Crippen molar-refractivity contribution in [3.8, 4) is 0 Å². The van der Waals surface area contributed by atoms with Crippen molar-refractivity contribution in [3.63, 3.8) is 0 Å². The first-order valence-electron chi connectivity index (χ1n) is 24.0. The number of nitrogens with zero attached hydrogens (tertiary/aromatic N) is 5. The number of fused-ring (bicyclic) bond motifs is 12. The molecular formula is C60H64BN5. The number of anilines is 6. The molecule has 332 valence electrons. The lowest BCUT2D eigenvalue weighted by atomic mass is 9.33. The monoisotopic (exact) mass is 866 g/mol. The van der Waals surface area contributed by atoms with Crippen molar-refractivity contribution in [3.05, 3.63) is 144 Å². The zero-order valence-electron chi connectivity index (χ0n) is 41.8. The van der Waals surface area contributed by atoms with E-state index in [0.29, 0.717) is 0 Å². The maximum Gasteiger partial charge on any atom is 0.252 e. The molecule has 6 heteroatoms. The van der Waals surface area contributed by atoms with E-state index in [1.54, 1.807) is 6.33 Å². The van der Waals surface area contributed by atoms with Crippen molar-refractivity contribution in [2.45, 2.75) is 131 Å². The number of hydrogen-bond donors (Lipinski definition) is 0. The Morgan fingerprint density at radius 2 is 0.788 bits per heavy atom. The van der Waals surface area contributed by atoms with Crippen molar-refractivity contribution < 1.29 is 0 Å². The maximum atomic E-state index is 4.72. The van der Waals surface area contributed by atoms with Crippen molar-refractivity contribution in [1.29, 1.82) is 0 Å². The van der Waals surface area contributed by atoms with E-state index in [1.165, 1.54) is 105 Å². The van der Waals surface area contributed by atoms with Crippen molar-refractivity contribution in [2.24, 2.45) is 0 Å². The van der Waals surface area contributed by atoms with Crippen LogP contribution in [0.4, 0.5) is 34.1 Å². The molecule has 9 aromatic rings. The normalized spacial score (nSPS) is 14.5. The van der Waals surface area contributed by atoms with Crippen LogP contribution in [-0.2, 0) is 27.1 Å². The second-order valence-electron chi connectivity index (χ2n) is 24.6. The van der Waals surface area contributed by atoms with Crippen LogP contribution >= 0.6 is 0 Å².